The third-order valence-corrected chi connectivity index (χ3v) is 4.72. The minimum absolute atomic E-state index is 0.467. The van der Waals surface area contributed by atoms with Crippen molar-refractivity contribution in [2.24, 2.45) is 17.1 Å². The topological polar surface area (TPSA) is 29.3 Å². The molecule has 0 amide bonds. The second-order valence-corrected chi connectivity index (χ2v) is 5.43. The first kappa shape index (κ1) is 10.3. The molecule has 0 bridgehead atoms. The standard InChI is InChI=1S/C14H20N2/c1-11-14(10-15)7-13(14)9-16(11)8-12-5-3-2-4-6-12/h2-6,11,13H,7-10,15H2,1H3. The van der Waals surface area contributed by atoms with Gasteiger partial charge in [0, 0.05) is 24.5 Å². The van der Waals surface area contributed by atoms with Crippen LogP contribution in [0.2, 0.25) is 0 Å². The smallest absolute Gasteiger partial charge is 0.0236 e. The van der Waals surface area contributed by atoms with E-state index in [1.165, 1.54) is 18.5 Å². The zero-order chi connectivity index (χ0) is 11.2. The van der Waals surface area contributed by atoms with Crippen LogP contribution in [-0.4, -0.2) is 24.0 Å². The largest absolute Gasteiger partial charge is 0.330 e. The molecule has 2 N–H and O–H groups in total. The van der Waals surface area contributed by atoms with Crippen LogP contribution < -0.4 is 5.73 Å². The Balaban J connectivity index is 1.70. The molecule has 0 radical (unpaired) electrons. The molecule has 2 nitrogen and oxygen atoms in total. The van der Waals surface area contributed by atoms with Crippen LogP contribution in [0.1, 0.15) is 18.9 Å². The van der Waals surface area contributed by atoms with Crippen LogP contribution in [0.25, 0.3) is 0 Å². The minimum atomic E-state index is 0.467. The summed E-state index contributed by atoms with van der Waals surface area (Å²) in [5.41, 5.74) is 7.82. The van der Waals surface area contributed by atoms with Gasteiger partial charge in [0.2, 0.25) is 0 Å². The molecule has 1 heterocycles. The van der Waals surface area contributed by atoms with Gasteiger partial charge in [-0.05, 0) is 31.4 Å². The van der Waals surface area contributed by atoms with Gasteiger partial charge in [-0.1, -0.05) is 30.3 Å². The van der Waals surface area contributed by atoms with Crippen LogP contribution in [0, 0.1) is 11.3 Å². The van der Waals surface area contributed by atoms with E-state index in [9.17, 15) is 0 Å². The van der Waals surface area contributed by atoms with Gasteiger partial charge in [0.1, 0.15) is 0 Å². The number of piperidine rings is 1. The Labute approximate surface area is 97.4 Å². The van der Waals surface area contributed by atoms with Crippen LogP contribution in [0.3, 0.4) is 0 Å². The number of hydrogen-bond donors (Lipinski definition) is 1. The maximum atomic E-state index is 5.93. The van der Waals surface area contributed by atoms with Crippen molar-refractivity contribution in [2.45, 2.75) is 25.9 Å². The van der Waals surface area contributed by atoms with Crippen molar-refractivity contribution in [3.63, 3.8) is 0 Å². The molecule has 16 heavy (non-hydrogen) atoms. The third kappa shape index (κ3) is 1.40. The van der Waals surface area contributed by atoms with Gasteiger partial charge in [-0.25, -0.2) is 0 Å². The van der Waals surface area contributed by atoms with E-state index in [1.54, 1.807) is 0 Å². The van der Waals surface area contributed by atoms with Gasteiger partial charge >= 0.3 is 0 Å². The van der Waals surface area contributed by atoms with Crippen molar-refractivity contribution in [3.8, 4) is 0 Å². The van der Waals surface area contributed by atoms with Crippen LogP contribution in [0.15, 0.2) is 30.3 Å². The van der Waals surface area contributed by atoms with E-state index in [1.807, 2.05) is 0 Å². The zero-order valence-corrected chi connectivity index (χ0v) is 9.89. The molecule has 3 unspecified atom stereocenters. The molecule has 2 heteroatoms. The number of fused-ring (bicyclic) bond motifs is 1. The summed E-state index contributed by atoms with van der Waals surface area (Å²) in [6.45, 7) is 5.54. The molecule has 86 valence electrons. The maximum absolute atomic E-state index is 5.93. The highest BCUT2D eigenvalue weighted by molar-refractivity contribution is 5.19. The predicted octanol–water partition coefficient (Wildman–Crippen LogP) is 1.86. The lowest BCUT2D eigenvalue weighted by molar-refractivity contribution is 0.192. The summed E-state index contributed by atoms with van der Waals surface area (Å²) in [7, 11) is 0. The van der Waals surface area contributed by atoms with Crippen molar-refractivity contribution in [1.29, 1.82) is 0 Å². The summed E-state index contributed by atoms with van der Waals surface area (Å²) in [4.78, 5) is 2.59. The summed E-state index contributed by atoms with van der Waals surface area (Å²) in [6, 6.07) is 11.4. The Kier molecular flexibility index (Phi) is 2.30. The molecule has 1 aliphatic carbocycles. The number of benzene rings is 1. The van der Waals surface area contributed by atoms with E-state index in [0.29, 0.717) is 11.5 Å². The van der Waals surface area contributed by atoms with Crippen LogP contribution >= 0.6 is 0 Å². The molecule has 0 spiro atoms. The first-order valence-electron chi connectivity index (χ1n) is 6.24. The highest BCUT2D eigenvalue weighted by Gasteiger charge is 2.62. The second-order valence-electron chi connectivity index (χ2n) is 5.43. The number of hydrogen-bond acceptors (Lipinski definition) is 2. The lowest BCUT2D eigenvalue weighted by atomic mass is 9.98. The van der Waals surface area contributed by atoms with Crippen molar-refractivity contribution >= 4 is 0 Å². The highest BCUT2D eigenvalue weighted by atomic mass is 15.2. The predicted molar refractivity (Wildman–Crippen MR) is 65.9 cm³/mol. The fourth-order valence-electron chi connectivity index (χ4n) is 3.40. The van der Waals surface area contributed by atoms with Crippen LogP contribution in [-0.2, 0) is 6.54 Å². The van der Waals surface area contributed by atoms with Gasteiger partial charge in [0.15, 0.2) is 0 Å². The molecule has 3 atom stereocenters. The summed E-state index contributed by atoms with van der Waals surface area (Å²) in [5.74, 6) is 0.871. The second kappa shape index (κ2) is 3.57. The van der Waals surface area contributed by atoms with Gasteiger partial charge < -0.3 is 5.73 Å². The molecule has 0 aromatic heterocycles. The molecule has 2 aliphatic rings. The quantitative estimate of drug-likeness (QED) is 0.835. The molecule has 1 aromatic carbocycles. The van der Waals surface area contributed by atoms with Crippen molar-refractivity contribution in [3.05, 3.63) is 35.9 Å². The maximum Gasteiger partial charge on any atom is 0.0236 e. The molecular formula is C14H20N2. The Morgan fingerprint density at radius 3 is 2.75 bits per heavy atom. The van der Waals surface area contributed by atoms with Crippen molar-refractivity contribution < 1.29 is 0 Å². The molecular weight excluding hydrogens is 196 g/mol. The zero-order valence-electron chi connectivity index (χ0n) is 9.89. The molecule has 1 aromatic rings. The van der Waals surface area contributed by atoms with Crippen LogP contribution in [0.4, 0.5) is 0 Å². The fraction of sp³-hybridized carbons (Fsp3) is 0.571. The van der Waals surface area contributed by atoms with Gasteiger partial charge in [0.25, 0.3) is 0 Å². The number of nitrogens with zero attached hydrogens (tertiary/aromatic N) is 1. The van der Waals surface area contributed by atoms with E-state index in [2.05, 4.69) is 42.2 Å². The number of nitrogens with two attached hydrogens (primary N) is 1. The number of rotatable bonds is 3. The Morgan fingerprint density at radius 2 is 2.12 bits per heavy atom. The molecule has 1 saturated heterocycles. The Morgan fingerprint density at radius 1 is 1.38 bits per heavy atom. The lowest BCUT2D eigenvalue weighted by Crippen LogP contribution is -2.37. The summed E-state index contributed by atoms with van der Waals surface area (Å²) in [5, 5.41) is 0. The minimum Gasteiger partial charge on any atom is -0.330 e. The van der Waals surface area contributed by atoms with E-state index in [-0.39, 0.29) is 0 Å². The third-order valence-electron chi connectivity index (χ3n) is 4.72. The summed E-state index contributed by atoms with van der Waals surface area (Å²) >= 11 is 0. The van der Waals surface area contributed by atoms with Gasteiger partial charge in [0.05, 0.1) is 0 Å². The Hall–Kier alpha value is -0.860. The summed E-state index contributed by atoms with van der Waals surface area (Å²) < 4.78 is 0. The van der Waals surface area contributed by atoms with Crippen molar-refractivity contribution in [1.82, 2.24) is 4.90 Å². The van der Waals surface area contributed by atoms with E-state index in [4.69, 9.17) is 5.73 Å². The summed E-state index contributed by atoms with van der Waals surface area (Å²) in [6.07, 6.45) is 1.36. The monoisotopic (exact) mass is 216 g/mol. The first-order valence-corrected chi connectivity index (χ1v) is 6.24. The number of likely N-dealkylation sites (tertiary alicyclic amines) is 1. The average molecular weight is 216 g/mol. The molecule has 2 fully saturated rings. The van der Waals surface area contributed by atoms with Gasteiger partial charge in [-0.3, -0.25) is 4.90 Å². The van der Waals surface area contributed by atoms with Crippen molar-refractivity contribution in [2.75, 3.05) is 13.1 Å². The fourth-order valence-corrected chi connectivity index (χ4v) is 3.40. The first-order chi connectivity index (χ1) is 7.76. The lowest BCUT2D eigenvalue weighted by Gasteiger charge is -2.28. The average Bonchev–Trinajstić information content (AvgIpc) is 2.97. The highest BCUT2D eigenvalue weighted by Crippen LogP contribution is 2.60. The Bertz CT molecular complexity index is 372. The van der Waals surface area contributed by atoms with E-state index in [0.717, 1.165) is 19.0 Å². The molecule has 1 aliphatic heterocycles. The van der Waals surface area contributed by atoms with E-state index < -0.39 is 0 Å². The normalized spacial score (nSPS) is 37.4. The van der Waals surface area contributed by atoms with Crippen LogP contribution in [0.5, 0.6) is 0 Å². The van der Waals surface area contributed by atoms with E-state index >= 15 is 0 Å². The molecule has 3 rings (SSSR count). The SMILES string of the molecule is CC1N(Cc2ccccc2)CC2CC21CN. The van der Waals surface area contributed by atoms with Gasteiger partial charge in [-0.2, -0.15) is 0 Å². The molecule has 1 saturated carbocycles. The van der Waals surface area contributed by atoms with Gasteiger partial charge in [-0.15, -0.1) is 0 Å².